The van der Waals surface area contributed by atoms with Crippen LogP contribution in [0.4, 0.5) is 0 Å². The largest absolute Gasteiger partial charge is 0.481 e. The molecule has 0 saturated carbocycles. The summed E-state index contributed by atoms with van der Waals surface area (Å²) in [5, 5.41) is 26.5. The first-order valence-corrected chi connectivity index (χ1v) is 6.55. The van der Waals surface area contributed by atoms with Gasteiger partial charge in [-0.1, -0.05) is 12.1 Å². The molecule has 0 aliphatic heterocycles. The topological polar surface area (TPSA) is 94.1 Å². The normalized spacial score (nSPS) is 9.55. The Balaban J connectivity index is 2.10. The molecule has 2 rings (SSSR count). The number of rotatable bonds is 5. The highest BCUT2D eigenvalue weighted by Gasteiger charge is 2.05. The van der Waals surface area contributed by atoms with Crippen LogP contribution in [-0.2, 0) is 11.2 Å². The van der Waals surface area contributed by atoms with Crippen LogP contribution < -0.4 is 4.74 Å². The molecule has 0 bridgehead atoms. The SMILES string of the molecule is N#Cc1ccc(Oc2ccc(CCC(=O)O)cc2)cc1C#N. The lowest BCUT2D eigenvalue weighted by Crippen LogP contribution is -1.97. The van der Waals surface area contributed by atoms with Crippen molar-refractivity contribution in [1.29, 1.82) is 10.5 Å². The van der Waals surface area contributed by atoms with Gasteiger partial charge in [0.1, 0.15) is 23.6 Å². The standard InChI is InChI=1S/C17H12N2O3/c18-10-13-4-7-16(9-14(13)11-19)22-15-5-1-12(2-6-15)3-8-17(20)21/h1-2,4-7,9H,3,8H2,(H,20,21). The maximum Gasteiger partial charge on any atom is 0.303 e. The van der Waals surface area contributed by atoms with Crippen molar-refractivity contribution in [2.75, 3.05) is 0 Å². The molecular formula is C17H12N2O3. The van der Waals surface area contributed by atoms with E-state index in [9.17, 15) is 4.79 Å². The van der Waals surface area contributed by atoms with Crippen LogP contribution in [0.2, 0.25) is 0 Å². The van der Waals surface area contributed by atoms with Crippen LogP contribution >= 0.6 is 0 Å². The van der Waals surface area contributed by atoms with Gasteiger partial charge in [0, 0.05) is 6.42 Å². The van der Waals surface area contributed by atoms with Crippen molar-refractivity contribution in [3.05, 3.63) is 59.2 Å². The fourth-order valence-electron chi connectivity index (χ4n) is 1.89. The number of aryl methyl sites for hydroxylation is 1. The second-order valence-electron chi connectivity index (χ2n) is 4.57. The lowest BCUT2D eigenvalue weighted by molar-refractivity contribution is -0.136. The van der Waals surface area contributed by atoms with E-state index in [1.165, 1.54) is 12.1 Å². The summed E-state index contributed by atoms with van der Waals surface area (Å²) in [4.78, 5) is 10.5. The Kier molecular flexibility index (Phi) is 4.74. The Labute approximate surface area is 127 Å². The fraction of sp³-hybridized carbons (Fsp3) is 0.118. The first-order valence-electron chi connectivity index (χ1n) is 6.55. The van der Waals surface area contributed by atoms with E-state index in [1.54, 1.807) is 30.3 Å². The highest BCUT2D eigenvalue weighted by Crippen LogP contribution is 2.24. The zero-order chi connectivity index (χ0) is 15.9. The summed E-state index contributed by atoms with van der Waals surface area (Å²) in [7, 11) is 0. The zero-order valence-electron chi connectivity index (χ0n) is 11.6. The molecule has 0 fully saturated rings. The molecule has 5 heteroatoms. The van der Waals surface area contributed by atoms with Gasteiger partial charge >= 0.3 is 5.97 Å². The number of nitriles is 2. The van der Waals surface area contributed by atoms with E-state index in [0.29, 0.717) is 23.5 Å². The number of carbonyl (C=O) groups is 1. The van der Waals surface area contributed by atoms with Gasteiger partial charge in [-0.15, -0.1) is 0 Å². The van der Waals surface area contributed by atoms with Gasteiger partial charge in [-0.2, -0.15) is 10.5 Å². The van der Waals surface area contributed by atoms with Crippen LogP contribution in [-0.4, -0.2) is 11.1 Å². The smallest absolute Gasteiger partial charge is 0.303 e. The Hall–Kier alpha value is -3.31. The summed E-state index contributed by atoms with van der Waals surface area (Å²) in [6.07, 6.45) is 0.548. The summed E-state index contributed by atoms with van der Waals surface area (Å²) in [5.74, 6) is 0.212. The summed E-state index contributed by atoms with van der Waals surface area (Å²) >= 11 is 0. The molecule has 0 aromatic heterocycles. The molecule has 2 aromatic rings. The molecular weight excluding hydrogens is 280 g/mol. The number of carboxylic acids is 1. The molecule has 22 heavy (non-hydrogen) atoms. The molecule has 0 spiro atoms. The Morgan fingerprint density at radius 2 is 1.64 bits per heavy atom. The van der Waals surface area contributed by atoms with Gasteiger partial charge in [0.15, 0.2) is 0 Å². The molecule has 0 atom stereocenters. The summed E-state index contributed by atoms with van der Waals surface area (Å²) < 4.78 is 5.62. The first kappa shape index (κ1) is 15.1. The second kappa shape index (κ2) is 6.92. The maximum absolute atomic E-state index is 10.5. The third-order valence-electron chi connectivity index (χ3n) is 3.02. The minimum absolute atomic E-state index is 0.0847. The predicted octanol–water partition coefficient (Wildman–Crippen LogP) is 3.24. The third kappa shape index (κ3) is 3.84. The van der Waals surface area contributed by atoms with Crippen molar-refractivity contribution < 1.29 is 14.6 Å². The summed E-state index contributed by atoms with van der Waals surface area (Å²) in [5.41, 5.74) is 1.48. The number of ether oxygens (including phenoxy) is 1. The highest BCUT2D eigenvalue weighted by molar-refractivity contribution is 5.67. The van der Waals surface area contributed by atoms with Crippen molar-refractivity contribution >= 4 is 5.97 Å². The number of hydrogen-bond donors (Lipinski definition) is 1. The van der Waals surface area contributed by atoms with E-state index in [2.05, 4.69) is 0 Å². The minimum Gasteiger partial charge on any atom is -0.481 e. The molecule has 1 N–H and O–H groups in total. The number of nitrogens with zero attached hydrogens (tertiary/aromatic N) is 2. The van der Waals surface area contributed by atoms with Crippen LogP contribution in [0.1, 0.15) is 23.1 Å². The third-order valence-corrected chi connectivity index (χ3v) is 3.02. The average molecular weight is 292 g/mol. The van der Waals surface area contributed by atoms with E-state index in [4.69, 9.17) is 20.4 Å². The Morgan fingerprint density at radius 3 is 2.23 bits per heavy atom. The number of hydrogen-bond acceptors (Lipinski definition) is 4. The second-order valence-corrected chi connectivity index (χ2v) is 4.57. The molecule has 0 amide bonds. The van der Waals surface area contributed by atoms with Crippen molar-refractivity contribution in [3.8, 4) is 23.6 Å². The van der Waals surface area contributed by atoms with Gasteiger partial charge in [0.05, 0.1) is 11.1 Å². The molecule has 0 aliphatic carbocycles. The molecule has 5 nitrogen and oxygen atoms in total. The van der Waals surface area contributed by atoms with Crippen LogP contribution in [0.25, 0.3) is 0 Å². The maximum atomic E-state index is 10.5. The van der Waals surface area contributed by atoms with Gasteiger partial charge < -0.3 is 9.84 Å². The number of carboxylic acid groups (broad SMARTS) is 1. The minimum atomic E-state index is -0.832. The molecule has 2 aromatic carbocycles. The molecule has 0 aliphatic rings. The van der Waals surface area contributed by atoms with E-state index < -0.39 is 5.97 Å². The van der Waals surface area contributed by atoms with Crippen LogP contribution in [0.15, 0.2) is 42.5 Å². The monoisotopic (exact) mass is 292 g/mol. The van der Waals surface area contributed by atoms with Crippen molar-refractivity contribution in [1.82, 2.24) is 0 Å². The molecule has 0 radical (unpaired) electrons. The summed E-state index contributed by atoms with van der Waals surface area (Å²) in [6.45, 7) is 0. The molecule has 0 saturated heterocycles. The van der Waals surface area contributed by atoms with Crippen molar-refractivity contribution in [2.45, 2.75) is 12.8 Å². The van der Waals surface area contributed by atoms with Gasteiger partial charge in [0.25, 0.3) is 0 Å². The van der Waals surface area contributed by atoms with Crippen LogP contribution in [0, 0.1) is 22.7 Å². The van der Waals surface area contributed by atoms with Crippen LogP contribution in [0.5, 0.6) is 11.5 Å². The lowest BCUT2D eigenvalue weighted by Gasteiger charge is -2.07. The number of aliphatic carboxylic acids is 1. The van der Waals surface area contributed by atoms with Gasteiger partial charge in [-0.25, -0.2) is 0 Å². The summed E-state index contributed by atoms with van der Waals surface area (Å²) in [6, 6.07) is 15.6. The van der Waals surface area contributed by atoms with Gasteiger partial charge in [-0.3, -0.25) is 4.79 Å². The quantitative estimate of drug-likeness (QED) is 0.912. The van der Waals surface area contributed by atoms with E-state index in [-0.39, 0.29) is 12.0 Å². The van der Waals surface area contributed by atoms with Gasteiger partial charge in [0.2, 0.25) is 0 Å². The highest BCUT2D eigenvalue weighted by atomic mass is 16.5. The van der Waals surface area contributed by atoms with Crippen molar-refractivity contribution in [3.63, 3.8) is 0 Å². The van der Waals surface area contributed by atoms with E-state index in [1.807, 2.05) is 12.1 Å². The molecule has 0 heterocycles. The molecule has 0 unspecified atom stereocenters. The Morgan fingerprint density at radius 1 is 1.00 bits per heavy atom. The fourth-order valence-corrected chi connectivity index (χ4v) is 1.89. The van der Waals surface area contributed by atoms with Crippen molar-refractivity contribution in [2.24, 2.45) is 0 Å². The average Bonchev–Trinajstić information content (AvgIpc) is 2.54. The van der Waals surface area contributed by atoms with Crippen LogP contribution in [0.3, 0.4) is 0 Å². The first-order chi connectivity index (χ1) is 10.6. The van der Waals surface area contributed by atoms with E-state index >= 15 is 0 Å². The zero-order valence-corrected chi connectivity index (χ0v) is 11.6. The van der Waals surface area contributed by atoms with E-state index in [0.717, 1.165) is 5.56 Å². The number of benzene rings is 2. The molecule has 108 valence electrons. The Bertz CT molecular complexity index is 768. The van der Waals surface area contributed by atoms with Gasteiger partial charge in [-0.05, 0) is 42.3 Å². The lowest BCUT2D eigenvalue weighted by atomic mass is 10.1. The predicted molar refractivity (Wildman–Crippen MR) is 78.3 cm³/mol.